The molecule has 0 aromatic rings. The minimum atomic E-state index is -1.58. The molecule has 1 rings (SSSR count). The predicted octanol–water partition coefficient (Wildman–Crippen LogP) is 17.0. The van der Waals surface area contributed by atoms with Crippen LogP contribution in [0, 0.1) is 0 Å². The van der Waals surface area contributed by atoms with Crippen LogP contribution >= 0.6 is 0 Å². The molecule has 0 spiro atoms. The van der Waals surface area contributed by atoms with Crippen LogP contribution in [0.25, 0.3) is 0 Å². The van der Waals surface area contributed by atoms with Crippen molar-refractivity contribution in [1.82, 2.24) is 5.32 Å². The van der Waals surface area contributed by atoms with Gasteiger partial charge in [0.05, 0.1) is 25.4 Å². The van der Waals surface area contributed by atoms with E-state index in [1.54, 1.807) is 6.08 Å². The molecule has 444 valence electrons. The van der Waals surface area contributed by atoms with Crippen molar-refractivity contribution in [2.45, 2.75) is 346 Å². The summed E-state index contributed by atoms with van der Waals surface area (Å²) in [6.45, 7) is 3.77. The van der Waals surface area contributed by atoms with Gasteiger partial charge in [-0.25, -0.2) is 0 Å². The number of unbranched alkanes of at least 4 members (excludes halogenated alkanes) is 38. The van der Waals surface area contributed by atoms with Gasteiger partial charge in [0.25, 0.3) is 0 Å². The summed E-state index contributed by atoms with van der Waals surface area (Å²) in [5, 5.41) is 54.6. The van der Waals surface area contributed by atoms with Crippen LogP contribution in [0.2, 0.25) is 0 Å². The summed E-state index contributed by atoms with van der Waals surface area (Å²) < 4.78 is 11.3. The van der Waals surface area contributed by atoms with Crippen LogP contribution in [0.1, 0.15) is 303 Å². The van der Waals surface area contributed by atoms with Gasteiger partial charge in [0.15, 0.2) is 6.29 Å². The van der Waals surface area contributed by atoms with Gasteiger partial charge in [-0.3, -0.25) is 4.79 Å². The molecule has 9 heteroatoms. The molecule has 7 unspecified atom stereocenters. The lowest BCUT2D eigenvalue weighted by Gasteiger charge is -2.40. The maximum atomic E-state index is 13.1. The third-order valence-electron chi connectivity index (χ3n) is 15.3. The number of hydrogen-bond acceptors (Lipinski definition) is 8. The van der Waals surface area contributed by atoms with Gasteiger partial charge in [0, 0.05) is 6.42 Å². The first-order chi connectivity index (χ1) is 37.3. The Balaban J connectivity index is 2.20. The highest BCUT2D eigenvalue weighted by molar-refractivity contribution is 5.76. The van der Waals surface area contributed by atoms with Crippen LogP contribution < -0.4 is 5.32 Å². The second kappa shape index (κ2) is 56.2. The average Bonchev–Trinajstić information content (AvgIpc) is 3.42. The molecule has 76 heavy (non-hydrogen) atoms. The van der Waals surface area contributed by atoms with E-state index in [1.165, 1.54) is 218 Å². The van der Waals surface area contributed by atoms with Gasteiger partial charge in [-0.15, -0.1) is 0 Å². The van der Waals surface area contributed by atoms with Crippen molar-refractivity contribution in [3.63, 3.8) is 0 Å². The summed E-state index contributed by atoms with van der Waals surface area (Å²) in [6.07, 6.45) is 70.3. The fourth-order valence-corrected chi connectivity index (χ4v) is 10.2. The van der Waals surface area contributed by atoms with Crippen LogP contribution in [0.3, 0.4) is 0 Å². The summed E-state index contributed by atoms with van der Waals surface area (Å²) in [6, 6.07) is -0.834. The second-order valence-electron chi connectivity index (χ2n) is 22.5. The van der Waals surface area contributed by atoms with Gasteiger partial charge in [-0.2, -0.15) is 0 Å². The summed E-state index contributed by atoms with van der Waals surface area (Å²) in [4.78, 5) is 13.1. The van der Waals surface area contributed by atoms with E-state index in [-0.39, 0.29) is 12.5 Å². The second-order valence-corrected chi connectivity index (χ2v) is 22.5. The number of rotatable bonds is 56. The molecule has 0 aromatic heterocycles. The minimum absolute atomic E-state index is 0.194. The number of hydrogen-bond donors (Lipinski definition) is 6. The normalized spacial score (nSPS) is 19.2. The Hall–Kier alpha value is -2.11. The summed E-state index contributed by atoms with van der Waals surface area (Å²) in [7, 11) is 0. The lowest BCUT2D eigenvalue weighted by atomic mass is 9.99. The number of carbonyl (C=O) groups excluding carboxylic acids is 1. The van der Waals surface area contributed by atoms with E-state index in [1.807, 2.05) is 6.08 Å². The van der Waals surface area contributed by atoms with Crippen molar-refractivity contribution in [3.8, 4) is 0 Å². The van der Waals surface area contributed by atoms with Crippen LogP contribution in [-0.2, 0) is 14.3 Å². The van der Waals surface area contributed by atoms with Crippen molar-refractivity contribution in [1.29, 1.82) is 0 Å². The van der Waals surface area contributed by atoms with E-state index < -0.39 is 49.5 Å². The Labute approximate surface area is 468 Å². The molecule has 1 aliphatic rings. The van der Waals surface area contributed by atoms with Crippen LogP contribution in [0.15, 0.2) is 60.8 Å². The number of nitrogens with one attached hydrogen (secondary N) is 1. The average molecular weight is 1070 g/mol. The van der Waals surface area contributed by atoms with Crippen molar-refractivity contribution >= 4 is 5.91 Å². The van der Waals surface area contributed by atoms with Crippen molar-refractivity contribution < 1.29 is 39.8 Å². The zero-order chi connectivity index (χ0) is 55.0. The number of carbonyl (C=O) groups is 1. The van der Waals surface area contributed by atoms with E-state index in [0.717, 1.165) is 64.2 Å². The number of aliphatic hydroxyl groups is 5. The Bertz CT molecular complexity index is 1380. The lowest BCUT2D eigenvalue weighted by Crippen LogP contribution is -2.60. The van der Waals surface area contributed by atoms with Gasteiger partial charge < -0.3 is 40.3 Å². The third-order valence-corrected chi connectivity index (χ3v) is 15.3. The van der Waals surface area contributed by atoms with E-state index in [4.69, 9.17) is 9.47 Å². The third kappa shape index (κ3) is 44.7. The van der Waals surface area contributed by atoms with E-state index in [2.05, 4.69) is 67.8 Å². The SMILES string of the molecule is CCCCCCC/C=C\C/C=C\CCCCCCCCCCCC(=O)NC(COC1OC(CO)C(O)C(O)C1O)C(O)/C=C/CC/C=C/CC/C=C/CCCCCCCCCCCCCCCCCCCCCCCC. The highest BCUT2D eigenvalue weighted by Gasteiger charge is 2.44. The first kappa shape index (κ1) is 71.9. The molecule has 0 aliphatic carbocycles. The first-order valence-electron chi connectivity index (χ1n) is 32.5. The first-order valence-corrected chi connectivity index (χ1v) is 32.5. The van der Waals surface area contributed by atoms with Crippen LogP contribution in [0.5, 0.6) is 0 Å². The maximum Gasteiger partial charge on any atom is 0.220 e. The lowest BCUT2D eigenvalue weighted by molar-refractivity contribution is -0.302. The topological polar surface area (TPSA) is 149 Å². The molecular formula is C67H123NO8. The Kier molecular flexibility index (Phi) is 53.1. The molecule has 0 saturated carbocycles. The molecule has 1 saturated heterocycles. The molecule has 1 heterocycles. The minimum Gasteiger partial charge on any atom is -0.394 e. The van der Waals surface area contributed by atoms with Gasteiger partial charge in [-0.1, -0.05) is 280 Å². The molecule has 6 N–H and O–H groups in total. The molecule has 9 nitrogen and oxygen atoms in total. The highest BCUT2D eigenvalue weighted by atomic mass is 16.7. The molecular weight excluding hydrogens is 947 g/mol. The zero-order valence-electron chi connectivity index (χ0n) is 49.5. The fourth-order valence-electron chi connectivity index (χ4n) is 10.2. The summed E-state index contributed by atoms with van der Waals surface area (Å²) >= 11 is 0. The van der Waals surface area contributed by atoms with E-state index in [0.29, 0.717) is 6.42 Å². The van der Waals surface area contributed by atoms with Crippen molar-refractivity contribution in [2.75, 3.05) is 13.2 Å². The Morgan fingerprint density at radius 2 is 0.789 bits per heavy atom. The molecule has 0 aromatic carbocycles. The number of aliphatic hydroxyl groups excluding tert-OH is 5. The van der Waals surface area contributed by atoms with Crippen LogP contribution in [0.4, 0.5) is 0 Å². The smallest absolute Gasteiger partial charge is 0.220 e. The molecule has 7 atom stereocenters. The Morgan fingerprint density at radius 3 is 1.18 bits per heavy atom. The fraction of sp³-hybridized carbons (Fsp3) is 0.836. The van der Waals surface area contributed by atoms with Crippen LogP contribution in [-0.4, -0.2) is 87.5 Å². The monoisotopic (exact) mass is 1070 g/mol. The van der Waals surface area contributed by atoms with E-state index >= 15 is 0 Å². The highest BCUT2D eigenvalue weighted by Crippen LogP contribution is 2.23. The number of amides is 1. The zero-order valence-corrected chi connectivity index (χ0v) is 49.5. The number of allylic oxidation sites excluding steroid dienone is 9. The molecule has 1 aliphatic heterocycles. The van der Waals surface area contributed by atoms with Gasteiger partial charge in [0.2, 0.25) is 5.91 Å². The molecule has 0 radical (unpaired) electrons. The molecule has 1 fully saturated rings. The maximum absolute atomic E-state index is 13.1. The molecule has 0 bridgehead atoms. The predicted molar refractivity (Wildman–Crippen MR) is 322 cm³/mol. The van der Waals surface area contributed by atoms with Crippen molar-refractivity contribution in [2.24, 2.45) is 0 Å². The van der Waals surface area contributed by atoms with Gasteiger partial charge in [-0.05, 0) is 77.0 Å². The standard InChI is InChI=1S/C67H123NO8/c1-3-5-7-9-11-13-15-17-19-21-23-25-26-27-28-29-30-31-32-33-34-35-37-38-40-42-44-46-48-50-52-54-56-61(70)60(59-75-67-66(74)65(73)64(72)62(58-69)76-67)68-63(71)57-55-53-51-49-47-45-43-41-39-36-24-22-20-18-16-14-12-10-8-6-4-2/h16,18,22,24,38,40,46,48,54,56,60-62,64-67,69-70,72-74H,3-15,17,19-21,23,25-37,39,41-45,47,49-53,55,57-59H2,1-2H3,(H,68,71)/b18-16-,24-22-,40-38+,48-46+,56-54+. The molecule has 1 amide bonds. The Morgan fingerprint density at radius 1 is 0.447 bits per heavy atom. The quantitative estimate of drug-likeness (QED) is 0.0261. The van der Waals surface area contributed by atoms with E-state index in [9.17, 15) is 30.3 Å². The van der Waals surface area contributed by atoms with Crippen molar-refractivity contribution in [3.05, 3.63) is 60.8 Å². The van der Waals surface area contributed by atoms with Gasteiger partial charge >= 0.3 is 0 Å². The van der Waals surface area contributed by atoms with Gasteiger partial charge in [0.1, 0.15) is 24.4 Å². The summed E-state index contributed by atoms with van der Waals surface area (Å²) in [5.74, 6) is -0.194. The number of ether oxygens (including phenoxy) is 2. The largest absolute Gasteiger partial charge is 0.394 e. The summed E-state index contributed by atoms with van der Waals surface area (Å²) in [5.41, 5.74) is 0.